The van der Waals surface area contributed by atoms with Crippen molar-refractivity contribution in [2.45, 2.75) is 39.0 Å². The Morgan fingerprint density at radius 3 is 2.13 bits per heavy atom. The summed E-state index contributed by atoms with van der Waals surface area (Å²) in [6.45, 7) is 4.62. The number of rotatable bonds is 9. The average Bonchev–Trinajstić information content (AvgIpc) is 3.21. The summed E-state index contributed by atoms with van der Waals surface area (Å²) in [5.74, 6) is -1.20. The van der Waals surface area contributed by atoms with E-state index in [9.17, 15) is 23.2 Å². The van der Waals surface area contributed by atoms with E-state index in [1.807, 2.05) is 0 Å². The monoisotopic (exact) mass is 521 g/mol. The maximum atomic E-state index is 13.4. The fourth-order valence-corrected chi connectivity index (χ4v) is 4.15. The lowest BCUT2D eigenvalue weighted by atomic mass is 10.00. The first kappa shape index (κ1) is 26.8. The third-order valence-corrected chi connectivity index (χ3v) is 6.24. The van der Waals surface area contributed by atoms with E-state index < -0.39 is 35.8 Å². The number of nitrogens with zero attached hydrogens (tertiary/aromatic N) is 1. The predicted octanol–water partition coefficient (Wildman–Crippen LogP) is 5.44. The van der Waals surface area contributed by atoms with E-state index in [4.69, 9.17) is 4.74 Å². The smallest absolute Gasteiger partial charge is 0.411 e. The number of carbonyl (C=O) groups is 3. The van der Waals surface area contributed by atoms with Gasteiger partial charge in [0.05, 0.1) is 6.54 Å². The summed E-state index contributed by atoms with van der Waals surface area (Å²) in [5, 5.41) is 5.64. The van der Waals surface area contributed by atoms with Crippen molar-refractivity contribution in [1.29, 1.82) is 0 Å². The number of ether oxygens (including phenoxy) is 1. The Morgan fingerprint density at radius 2 is 1.53 bits per heavy atom. The molecule has 0 radical (unpaired) electrons. The first-order valence-electron chi connectivity index (χ1n) is 12.4. The molecule has 1 saturated heterocycles. The van der Waals surface area contributed by atoms with Crippen LogP contribution in [0.2, 0.25) is 0 Å². The average molecular weight is 522 g/mol. The van der Waals surface area contributed by atoms with E-state index >= 15 is 0 Å². The van der Waals surface area contributed by atoms with Crippen LogP contribution in [0.1, 0.15) is 47.9 Å². The summed E-state index contributed by atoms with van der Waals surface area (Å²) in [5.41, 5.74) is 2.01. The highest BCUT2D eigenvalue weighted by molar-refractivity contribution is 6.04. The van der Waals surface area contributed by atoms with Gasteiger partial charge in [-0.2, -0.15) is 0 Å². The number of amides is 3. The minimum absolute atomic E-state index is 0.0731. The Kier molecular flexibility index (Phi) is 8.35. The van der Waals surface area contributed by atoms with Crippen molar-refractivity contribution < 1.29 is 27.9 Å². The highest BCUT2D eigenvalue weighted by Gasteiger charge is 2.46. The molecule has 0 aliphatic carbocycles. The van der Waals surface area contributed by atoms with Crippen molar-refractivity contribution in [1.82, 2.24) is 10.2 Å². The molecule has 0 bridgehead atoms. The SMILES string of the molecule is CC(C)CCNC(=O)[C@@H]1[C@H](c2ccc(NC(=O)c3ccc(F)cc3)cc2)OC(=O)N1Cc1ccc(F)cc1. The molecule has 1 aliphatic rings. The second kappa shape index (κ2) is 11.9. The molecule has 3 aromatic rings. The lowest BCUT2D eigenvalue weighted by Gasteiger charge is -2.24. The third-order valence-electron chi connectivity index (χ3n) is 6.24. The highest BCUT2D eigenvalue weighted by Crippen LogP contribution is 2.34. The lowest BCUT2D eigenvalue weighted by molar-refractivity contribution is -0.126. The maximum absolute atomic E-state index is 13.4. The topological polar surface area (TPSA) is 87.7 Å². The fourth-order valence-electron chi connectivity index (χ4n) is 4.15. The van der Waals surface area contributed by atoms with E-state index in [1.54, 1.807) is 36.4 Å². The molecule has 0 spiro atoms. The highest BCUT2D eigenvalue weighted by atomic mass is 19.1. The normalized spacial score (nSPS) is 16.9. The van der Waals surface area contributed by atoms with Crippen LogP contribution in [-0.4, -0.2) is 35.4 Å². The minimum atomic E-state index is -0.945. The van der Waals surface area contributed by atoms with Gasteiger partial charge in [0.25, 0.3) is 5.91 Å². The Hall–Kier alpha value is -4.27. The summed E-state index contributed by atoms with van der Waals surface area (Å²) in [4.78, 5) is 40.0. The number of carbonyl (C=O) groups excluding carboxylic acids is 3. The van der Waals surface area contributed by atoms with Gasteiger partial charge in [0.2, 0.25) is 5.91 Å². The van der Waals surface area contributed by atoms with Gasteiger partial charge in [0, 0.05) is 17.8 Å². The van der Waals surface area contributed by atoms with Gasteiger partial charge in [-0.1, -0.05) is 38.1 Å². The van der Waals surface area contributed by atoms with E-state index in [0.717, 1.165) is 6.42 Å². The quantitative estimate of drug-likeness (QED) is 0.393. The zero-order valence-electron chi connectivity index (χ0n) is 21.1. The molecular formula is C29H29F2N3O4. The van der Waals surface area contributed by atoms with Crippen LogP contribution in [0.15, 0.2) is 72.8 Å². The van der Waals surface area contributed by atoms with Gasteiger partial charge in [-0.05, 0) is 72.0 Å². The molecule has 7 nitrogen and oxygen atoms in total. The number of nitrogens with one attached hydrogen (secondary N) is 2. The van der Waals surface area contributed by atoms with Crippen LogP contribution < -0.4 is 10.6 Å². The summed E-state index contributed by atoms with van der Waals surface area (Å²) in [6.07, 6.45) is -0.765. The summed E-state index contributed by atoms with van der Waals surface area (Å²) in [7, 11) is 0. The molecule has 0 saturated carbocycles. The Balaban J connectivity index is 1.53. The zero-order chi connectivity index (χ0) is 27.2. The van der Waals surface area contributed by atoms with Crippen molar-refractivity contribution >= 4 is 23.6 Å². The second-order valence-electron chi connectivity index (χ2n) is 9.56. The Morgan fingerprint density at radius 1 is 0.921 bits per heavy atom. The minimum Gasteiger partial charge on any atom is -0.438 e. The Bertz CT molecular complexity index is 1280. The largest absolute Gasteiger partial charge is 0.438 e. The van der Waals surface area contributed by atoms with E-state index in [-0.39, 0.29) is 12.5 Å². The van der Waals surface area contributed by atoms with E-state index in [0.29, 0.717) is 34.8 Å². The van der Waals surface area contributed by atoms with Crippen LogP contribution in [0.25, 0.3) is 0 Å². The molecule has 0 unspecified atom stereocenters. The first-order valence-corrected chi connectivity index (χ1v) is 12.4. The van der Waals surface area contributed by atoms with Crippen molar-refractivity contribution in [3.8, 4) is 0 Å². The van der Waals surface area contributed by atoms with Crippen molar-refractivity contribution in [2.24, 2.45) is 5.92 Å². The molecule has 38 heavy (non-hydrogen) atoms. The van der Waals surface area contributed by atoms with Crippen LogP contribution in [0.3, 0.4) is 0 Å². The van der Waals surface area contributed by atoms with Gasteiger partial charge in [0.1, 0.15) is 11.6 Å². The molecule has 3 aromatic carbocycles. The van der Waals surface area contributed by atoms with Crippen molar-refractivity contribution in [3.05, 3.63) is 101 Å². The summed E-state index contributed by atoms with van der Waals surface area (Å²) >= 11 is 0. The first-order chi connectivity index (χ1) is 18.2. The standard InChI is InChI=1S/C29H29F2N3O4/c1-18(2)15-16-32-28(36)25-26(38-29(37)34(25)17-19-3-9-22(30)10-4-19)20-7-13-24(14-8-20)33-27(35)21-5-11-23(31)12-6-21/h3-14,18,25-26H,15-17H2,1-2H3,(H,32,36)(H,33,35)/t25-,26-/m0/s1. The molecule has 9 heteroatoms. The van der Waals surface area contributed by atoms with Crippen LogP contribution in [-0.2, 0) is 16.1 Å². The molecule has 2 atom stereocenters. The lowest BCUT2D eigenvalue weighted by Crippen LogP contribution is -2.46. The number of hydrogen-bond acceptors (Lipinski definition) is 4. The number of cyclic esters (lactones) is 1. The summed E-state index contributed by atoms with van der Waals surface area (Å²) < 4.78 is 32.2. The zero-order valence-corrected chi connectivity index (χ0v) is 21.1. The molecule has 3 amide bonds. The van der Waals surface area contributed by atoms with E-state index in [2.05, 4.69) is 24.5 Å². The van der Waals surface area contributed by atoms with Gasteiger partial charge in [-0.3, -0.25) is 14.5 Å². The number of benzene rings is 3. The Labute approximate surface area is 219 Å². The second-order valence-corrected chi connectivity index (χ2v) is 9.56. The number of hydrogen-bond donors (Lipinski definition) is 2. The number of anilines is 1. The molecule has 4 rings (SSSR count). The maximum Gasteiger partial charge on any atom is 0.411 e. The number of halogens is 2. The van der Waals surface area contributed by atoms with Crippen LogP contribution >= 0.6 is 0 Å². The molecule has 2 N–H and O–H groups in total. The van der Waals surface area contributed by atoms with Gasteiger partial charge < -0.3 is 15.4 Å². The molecule has 198 valence electrons. The third kappa shape index (κ3) is 6.53. The molecule has 0 aromatic heterocycles. The van der Waals surface area contributed by atoms with Crippen LogP contribution in [0, 0.1) is 17.6 Å². The molecular weight excluding hydrogens is 492 g/mol. The van der Waals surface area contributed by atoms with Gasteiger partial charge in [-0.25, -0.2) is 13.6 Å². The molecule has 1 aliphatic heterocycles. The predicted molar refractivity (Wildman–Crippen MR) is 138 cm³/mol. The molecule has 1 heterocycles. The van der Waals surface area contributed by atoms with Crippen molar-refractivity contribution in [2.75, 3.05) is 11.9 Å². The van der Waals surface area contributed by atoms with Gasteiger partial charge in [0.15, 0.2) is 12.1 Å². The summed E-state index contributed by atoms with van der Waals surface area (Å²) in [6, 6.07) is 16.6. The van der Waals surface area contributed by atoms with Crippen LogP contribution in [0.5, 0.6) is 0 Å². The van der Waals surface area contributed by atoms with Crippen LogP contribution in [0.4, 0.5) is 19.3 Å². The molecule has 1 fully saturated rings. The van der Waals surface area contributed by atoms with Gasteiger partial charge in [-0.15, -0.1) is 0 Å². The van der Waals surface area contributed by atoms with Gasteiger partial charge >= 0.3 is 6.09 Å². The fraction of sp³-hybridized carbons (Fsp3) is 0.276. The van der Waals surface area contributed by atoms with Crippen molar-refractivity contribution in [3.63, 3.8) is 0 Å². The van der Waals surface area contributed by atoms with E-state index in [1.165, 1.54) is 41.3 Å².